The van der Waals surface area contributed by atoms with Crippen molar-refractivity contribution in [3.05, 3.63) is 65.9 Å². The second-order valence-electron chi connectivity index (χ2n) is 8.02. The number of fused-ring (bicyclic) bond motifs is 5. The summed E-state index contributed by atoms with van der Waals surface area (Å²) in [7, 11) is 0. The molecule has 4 heteroatoms. The number of imide groups is 1. The van der Waals surface area contributed by atoms with Crippen molar-refractivity contribution in [2.75, 3.05) is 4.90 Å². The molecule has 0 bridgehead atoms. The van der Waals surface area contributed by atoms with Gasteiger partial charge in [0.2, 0.25) is 11.8 Å². The lowest BCUT2D eigenvalue weighted by Crippen LogP contribution is -2.30. The van der Waals surface area contributed by atoms with Gasteiger partial charge in [0, 0.05) is 16.6 Å². The van der Waals surface area contributed by atoms with E-state index in [4.69, 9.17) is 0 Å². The van der Waals surface area contributed by atoms with Gasteiger partial charge in [-0.15, -0.1) is 0 Å². The van der Waals surface area contributed by atoms with Gasteiger partial charge in [-0.05, 0) is 42.0 Å². The average molecular weight is 358 g/mol. The van der Waals surface area contributed by atoms with Crippen LogP contribution in [-0.4, -0.2) is 16.8 Å². The van der Waals surface area contributed by atoms with Crippen LogP contribution >= 0.6 is 0 Å². The Balaban J connectivity index is 1.70. The number of aromatic nitrogens is 1. The van der Waals surface area contributed by atoms with Crippen LogP contribution in [0.25, 0.3) is 10.9 Å². The molecule has 1 N–H and O–H groups in total. The first kappa shape index (κ1) is 16.3. The minimum Gasteiger partial charge on any atom is -0.357 e. The Morgan fingerprint density at radius 1 is 0.963 bits per heavy atom. The van der Waals surface area contributed by atoms with E-state index in [1.165, 1.54) is 15.8 Å². The maximum Gasteiger partial charge on any atom is 0.243 e. The molecule has 5 rings (SSSR count). The fourth-order valence-corrected chi connectivity index (χ4v) is 4.95. The van der Waals surface area contributed by atoms with Crippen molar-refractivity contribution in [1.29, 1.82) is 0 Å². The quantitative estimate of drug-likeness (QED) is 0.682. The molecule has 3 aromatic rings. The molecule has 0 saturated carbocycles. The van der Waals surface area contributed by atoms with Crippen LogP contribution in [0.5, 0.6) is 0 Å². The number of carbonyl (C=O) groups excluding carboxylic acids is 2. The number of rotatable bonds is 2. The lowest BCUT2D eigenvalue weighted by molar-refractivity contribution is -0.122. The summed E-state index contributed by atoms with van der Waals surface area (Å²) in [5, 5.41) is 1.18. The van der Waals surface area contributed by atoms with Crippen LogP contribution in [0.3, 0.4) is 0 Å². The van der Waals surface area contributed by atoms with Gasteiger partial charge < -0.3 is 4.98 Å². The Hall–Kier alpha value is -2.88. The Morgan fingerprint density at radius 3 is 2.41 bits per heavy atom. The standard InChI is InChI=1S/C23H22N2O2/c1-13(2)16-12-17-20(21-19(16)15-10-6-7-11-18(15)24-21)23(27)25(22(17)26)14-8-4-3-5-9-14/h3-11,13,16-17,20,24H,12H2,1-2H3/t16-,17-,20-/m1/s1. The van der Waals surface area contributed by atoms with E-state index >= 15 is 0 Å². The predicted molar refractivity (Wildman–Crippen MR) is 106 cm³/mol. The minimum atomic E-state index is -0.407. The first-order valence-electron chi connectivity index (χ1n) is 9.61. The van der Waals surface area contributed by atoms with Gasteiger partial charge in [0.05, 0.1) is 17.5 Å². The maximum atomic E-state index is 13.4. The van der Waals surface area contributed by atoms with Crippen LogP contribution in [0, 0.1) is 11.8 Å². The van der Waals surface area contributed by atoms with Gasteiger partial charge in [-0.1, -0.05) is 50.2 Å². The zero-order chi connectivity index (χ0) is 18.7. The Labute approximate surface area is 158 Å². The molecule has 1 aromatic heterocycles. The minimum absolute atomic E-state index is 0.0637. The fourth-order valence-electron chi connectivity index (χ4n) is 4.95. The van der Waals surface area contributed by atoms with E-state index in [2.05, 4.69) is 31.0 Å². The molecule has 2 aliphatic rings. The van der Waals surface area contributed by atoms with E-state index in [-0.39, 0.29) is 23.7 Å². The first-order chi connectivity index (χ1) is 13.1. The summed E-state index contributed by atoms with van der Waals surface area (Å²) in [6.07, 6.45) is 0.727. The van der Waals surface area contributed by atoms with Crippen LogP contribution in [0.2, 0.25) is 0 Å². The highest BCUT2D eigenvalue weighted by molar-refractivity contribution is 6.24. The second-order valence-corrected chi connectivity index (χ2v) is 8.02. The fraction of sp³-hybridized carbons (Fsp3) is 0.304. The molecule has 1 saturated heterocycles. The van der Waals surface area contributed by atoms with Crippen molar-refractivity contribution in [1.82, 2.24) is 4.98 Å². The van der Waals surface area contributed by atoms with Crippen molar-refractivity contribution in [2.24, 2.45) is 11.8 Å². The molecule has 2 aromatic carbocycles. The van der Waals surface area contributed by atoms with E-state index in [9.17, 15) is 9.59 Å². The van der Waals surface area contributed by atoms with Crippen molar-refractivity contribution in [3.8, 4) is 0 Å². The lowest BCUT2D eigenvalue weighted by Gasteiger charge is -2.32. The van der Waals surface area contributed by atoms with Crippen LogP contribution in [-0.2, 0) is 9.59 Å². The summed E-state index contributed by atoms with van der Waals surface area (Å²) in [6, 6.07) is 17.5. The first-order valence-corrected chi connectivity index (χ1v) is 9.61. The highest BCUT2D eigenvalue weighted by Gasteiger charge is 2.54. The SMILES string of the molecule is CC(C)[C@H]1C[C@H]2C(=O)N(c3ccccc3)C(=O)[C@H]2c2[nH]c3ccccc3c21. The molecule has 0 spiro atoms. The third-order valence-corrected chi connectivity index (χ3v) is 6.21. The van der Waals surface area contributed by atoms with E-state index in [1.54, 1.807) is 0 Å². The number of anilines is 1. The highest BCUT2D eigenvalue weighted by atomic mass is 16.2. The van der Waals surface area contributed by atoms with Crippen LogP contribution < -0.4 is 4.90 Å². The summed E-state index contributed by atoms with van der Waals surface area (Å²) >= 11 is 0. The number of hydrogen-bond donors (Lipinski definition) is 1. The molecule has 3 atom stereocenters. The molecule has 27 heavy (non-hydrogen) atoms. The Bertz CT molecular complexity index is 1050. The molecule has 0 unspecified atom stereocenters. The highest BCUT2D eigenvalue weighted by Crippen LogP contribution is 2.52. The predicted octanol–water partition coefficient (Wildman–Crippen LogP) is 4.58. The van der Waals surface area contributed by atoms with Gasteiger partial charge in [-0.2, -0.15) is 0 Å². The van der Waals surface area contributed by atoms with E-state index < -0.39 is 5.92 Å². The normalized spacial score (nSPS) is 24.6. The summed E-state index contributed by atoms with van der Waals surface area (Å²) in [6.45, 7) is 4.40. The number of benzene rings is 2. The van der Waals surface area contributed by atoms with Gasteiger partial charge in [-0.3, -0.25) is 9.59 Å². The molecule has 136 valence electrons. The molecule has 1 aliphatic heterocycles. The van der Waals surface area contributed by atoms with Gasteiger partial charge >= 0.3 is 0 Å². The largest absolute Gasteiger partial charge is 0.357 e. The van der Waals surface area contributed by atoms with Gasteiger partial charge in [0.25, 0.3) is 0 Å². The molecule has 2 amide bonds. The van der Waals surface area contributed by atoms with Crippen LogP contribution in [0.15, 0.2) is 54.6 Å². The van der Waals surface area contributed by atoms with Crippen LogP contribution in [0.4, 0.5) is 5.69 Å². The number of amides is 2. The van der Waals surface area contributed by atoms with Crippen molar-refractivity contribution in [3.63, 3.8) is 0 Å². The van der Waals surface area contributed by atoms with E-state index in [0.29, 0.717) is 11.6 Å². The number of aromatic amines is 1. The second kappa shape index (κ2) is 5.81. The lowest BCUT2D eigenvalue weighted by atomic mass is 9.70. The van der Waals surface area contributed by atoms with E-state index in [1.807, 2.05) is 42.5 Å². The van der Waals surface area contributed by atoms with Gasteiger partial charge in [-0.25, -0.2) is 4.90 Å². The molecule has 4 nitrogen and oxygen atoms in total. The van der Waals surface area contributed by atoms with Crippen molar-refractivity contribution < 1.29 is 9.59 Å². The van der Waals surface area contributed by atoms with Gasteiger partial charge in [0.15, 0.2) is 0 Å². The number of carbonyl (C=O) groups is 2. The Morgan fingerprint density at radius 2 is 1.67 bits per heavy atom. The number of H-pyrrole nitrogens is 1. The molecular weight excluding hydrogens is 336 g/mol. The van der Waals surface area contributed by atoms with Crippen molar-refractivity contribution in [2.45, 2.75) is 32.1 Å². The molecule has 0 radical (unpaired) electrons. The number of hydrogen-bond acceptors (Lipinski definition) is 2. The van der Waals surface area contributed by atoms with Gasteiger partial charge in [0.1, 0.15) is 0 Å². The zero-order valence-corrected chi connectivity index (χ0v) is 15.5. The summed E-state index contributed by atoms with van der Waals surface area (Å²) in [5.41, 5.74) is 3.90. The smallest absolute Gasteiger partial charge is 0.243 e. The molecule has 2 heterocycles. The van der Waals surface area contributed by atoms with Crippen molar-refractivity contribution >= 4 is 28.4 Å². The topological polar surface area (TPSA) is 53.2 Å². The third-order valence-electron chi connectivity index (χ3n) is 6.21. The average Bonchev–Trinajstić information content (AvgIpc) is 3.17. The number of nitrogens with zero attached hydrogens (tertiary/aromatic N) is 1. The number of para-hydroxylation sites is 2. The summed E-state index contributed by atoms with van der Waals surface area (Å²) in [5.74, 6) is -0.194. The Kier molecular flexibility index (Phi) is 3.51. The summed E-state index contributed by atoms with van der Waals surface area (Å²) < 4.78 is 0. The zero-order valence-electron chi connectivity index (χ0n) is 15.5. The maximum absolute atomic E-state index is 13.4. The van der Waals surface area contributed by atoms with Crippen LogP contribution in [0.1, 0.15) is 43.4 Å². The third kappa shape index (κ3) is 2.22. The number of nitrogens with one attached hydrogen (secondary N) is 1. The monoisotopic (exact) mass is 358 g/mol. The molecule has 1 aliphatic carbocycles. The molecule has 1 fully saturated rings. The summed E-state index contributed by atoms with van der Waals surface area (Å²) in [4.78, 5) is 31.5. The molecular formula is C23H22N2O2. The van der Waals surface area contributed by atoms with E-state index in [0.717, 1.165) is 17.6 Å².